The summed E-state index contributed by atoms with van der Waals surface area (Å²) in [5.74, 6) is -1.70. The molecule has 0 radical (unpaired) electrons. The van der Waals surface area contributed by atoms with Crippen LogP contribution in [0.2, 0.25) is 0 Å². The van der Waals surface area contributed by atoms with Crippen LogP contribution in [0, 0.1) is 5.92 Å². The molecule has 1 aliphatic rings. The molecule has 1 saturated heterocycles. The fourth-order valence-electron chi connectivity index (χ4n) is 1.11. The molecule has 68 valence electrons. The van der Waals surface area contributed by atoms with E-state index in [1.165, 1.54) is 20.8 Å². The molecule has 2 atom stereocenters. The Morgan fingerprint density at radius 1 is 1.42 bits per heavy atom. The predicted octanol–water partition coefficient (Wildman–Crippen LogP) is -0.112. The van der Waals surface area contributed by atoms with Gasteiger partial charge in [-0.1, -0.05) is 0 Å². The molecule has 0 aromatic carbocycles. The fourth-order valence-corrected chi connectivity index (χ4v) is 1.11. The molecule has 4 heteroatoms. The Kier molecular flexibility index (Phi) is 1.96. The lowest BCUT2D eigenvalue weighted by Gasteiger charge is -2.34. The first-order valence-electron chi connectivity index (χ1n) is 3.81. The number of esters is 1. The van der Waals surface area contributed by atoms with E-state index in [9.17, 15) is 14.7 Å². The van der Waals surface area contributed by atoms with Crippen molar-refractivity contribution in [2.24, 2.45) is 5.92 Å². The van der Waals surface area contributed by atoms with Crippen LogP contribution in [-0.4, -0.2) is 28.6 Å². The van der Waals surface area contributed by atoms with Crippen LogP contribution in [-0.2, 0) is 14.3 Å². The first-order chi connectivity index (χ1) is 5.36. The third-order valence-corrected chi connectivity index (χ3v) is 2.06. The Labute approximate surface area is 70.5 Å². The van der Waals surface area contributed by atoms with E-state index >= 15 is 0 Å². The summed E-state index contributed by atoms with van der Waals surface area (Å²) in [6.45, 7) is 4.42. The number of cyclic esters (lactones) is 1. The number of aliphatic hydroxyl groups is 1. The highest BCUT2D eigenvalue weighted by Gasteiger charge is 2.46. The third-order valence-electron chi connectivity index (χ3n) is 2.06. The molecule has 0 aromatic heterocycles. The maximum Gasteiger partial charge on any atom is 0.312 e. The highest BCUT2D eigenvalue weighted by atomic mass is 16.6. The SMILES string of the molecule is CC1C(=O)OC(C)(C)C(=O)C1O. The molecule has 1 fully saturated rings. The largest absolute Gasteiger partial charge is 0.451 e. The predicted molar refractivity (Wildman–Crippen MR) is 40.3 cm³/mol. The van der Waals surface area contributed by atoms with Crippen molar-refractivity contribution in [1.29, 1.82) is 0 Å². The van der Waals surface area contributed by atoms with Crippen LogP contribution >= 0.6 is 0 Å². The maximum atomic E-state index is 11.3. The Morgan fingerprint density at radius 2 is 1.92 bits per heavy atom. The van der Waals surface area contributed by atoms with E-state index in [1.54, 1.807) is 0 Å². The van der Waals surface area contributed by atoms with E-state index in [4.69, 9.17) is 4.74 Å². The highest BCUT2D eigenvalue weighted by Crippen LogP contribution is 2.25. The lowest BCUT2D eigenvalue weighted by Crippen LogP contribution is -2.54. The lowest BCUT2D eigenvalue weighted by atomic mass is 9.88. The van der Waals surface area contributed by atoms with Crippen molar-refractivity contribution in [1.82, 2.24) is 0 Å². The van der Waals surface area contributed by atoms with Gasteiger partial charge in [-0.25, -0.2) is 0 Å². The highest BCUT2D eigenvalue weighted by molar-refractivity contribution is 5.98. The lowest BCUT2D eigenvalue weighted by molar-refractivity contribution is -0.185. The van der Waals surface area contributed by atoms with Crippen LogP contribution in [0.4, 0.5) is 0 Å². The minimum absolute atomic E-state index is 0.436. The second-order valence-electron chi connectivity index (χ2n) is 3.53. The molecular weight excluding hydrogens is 160 g/mol. The molecule has 0 bridgehead atoms. The molecule has 12 heavy (non-hydrogen) atoms. The number of Topliss-reactive ketones (excluding diaryl/α,β-unsaturated/α-hetero) is 1. The maximum absolute atomic E-state index is 11.3. The van der Waals surface area contributed by atoms with Gasteiger partial charge in [-0.15, -0.1) is 0 Å². The number of rotatable bonds is 0. The first kappa shape index (κ1) is 9.19. The van der Waals surface area contributed by atoms with Crippen molar-refractivity contribution in [2.45, 2.75) is 32.5 Å². The minimum atomic E-state index is -1.22. The summed E-state index contributed by atoms with van der Waals surface area (Å²) in [5.41, 5.74) is -1.18. The number of aliphatic hydroxyl groups excluding tert-OH is 1. The van der Waals surface area contributed by atoms with Gasteiger partial charge in [0.05, 0.1) is 5.92 Å². The summed E-state index contributed by atoms with van der Waals surface area (Å²) in [7, 11) is 0. The summed E-state index contributed by atoms with van der Waals surface area (Å²) in [5, 5.41) is 9.30. The van der Waals surface area contributed by atoms with Crippen LogP contribution in [0.5, 0.6) is 0 Å². The number of hydrogen-bond donors (Lipinski definition) is 1. The van der Waals surface area contributed by atoms with Gasteiger partial charge in [-0.2, -0.15) is 0 Å². The molecule has 1 aliphatic heterocycles. The smallest absolute Gasteiger partial charge is 0.312 e. The summed E-state index contributed by atoms with van der Waals surface area (Å²) in [6.07, 6.45) is -1.22. The molecule has 0 aliphatic carbocycles. The van der Waals surface area contributed by atoms with Crippen molar-refractivity contribution in [3.05, 3.63) is 0 Å². The molecule has 0 amide bonds. The van der Waals surface area contributed by atoms with E-state index < -0.39 is 29.4 Å². The molecule has 0 aromatic rings. The Morgan fingerprint density at radius 3 is 2.42 bits per heavy atom. The standard InChI is InChI=1S/C8H12O4/c1-4-5(9)6(10)8(2,3)12-7(4)11/h4-5,9H,1-3H3. The van der Waals surface area contributed by atoms with E-state index in [-0.39, 0.29) is 0 Å². The van der Waals surface area contributed by atoms with Gasteiger partial charge >= 0.3 is 5.97 Å². The summed E-state index contributed by atoms with van der Waals surface area (Å²) in [6, 6.07) is 0. The molecule has 1 heterocycles. The van der Waals surface area contributed by atoms with Crippen molar-refractivity contribution < 1.29 is 19.4 Å². The summed E-state index contributed by atoms with van der Waals surface area (Å²) < 4.78 is 4.82. The van der Waals surface area contributed by atoms with Crippen molar-refractivity contribution in [2.75, 3.05) is 0 Å². The van der Waals surface area contributed by atoms with Crippen LogP contribution in [0.1, 0.15) is 20.8 Å². The zero-order valence-electron chi connectivity index (χ0n) is 7.33. The van der Waals surface area contributed by atoms with Gasteiger partial charge < -0.3 is 9.84 Å². The van der Waals surface area contributed by atoms with Crippen LogP contribution < -0.4 is 0 Å². The molecule has 4 nitrogen and oxygen atoms in total. The van der Waals surface area contributed by atoms with E-state index in [2.05, 4.69) is 0 Å². The van der Waals surface area contributed by atoms with E-state index in [1.807, 2.05) is 0 Å². The zero-order valence-corrected chi connectivity index (χ0v) is 7.33. The normalized spacial score (nSPS) is 34.7. The molecule has 0 spiro atoms. The zero-order chi connectivity index (χ0) is 9.52. The fraction of sp³-hybridized carbons (Fsp3) is 0.750. The van der Waals surface area contributed by atoms with Crippen LogP contribution in [0.25, 0.3) is 0 Å². The number of carbonyl (C=O) groups excluding carboxylic acids is 2. The van der Waals surface area contributed by atoms with E-state index in [0.717, 1.165) is 0 Å². The van der Waals surface area contributed by atoms with Gasteiger partial charge in [0.15, 0.2) is 5.60 Å². The van der Waals surface area contributed by atoms with Gasteiger partial charge in [-0.05, 0) is 20.8 Å². The van der Waals surface area contributed by atoms with E-state index in [0.29, 0.717) is 0 Å². The molecule has 2 unspecified atom stereocenters. The van der Waals surface area contributed by atoms with Crippen molar-refractivity contribution in [3.63, 3.8) is 0 Å². The second kappa shape index (κ2) is 2.55. The third kappa shape index (κ3) is 1.22. The van der Waals surface area contributed by atoms with Crippen LogP contribution in [0.3, 0.4) is 0 Å². The topological polar surface area (TPSA) is 63.6 Å². The number of ether oxygens (including phenoxy) is 1. The average Bonchev–Trinajstić information content (AvgIpc) is 1.97. The van der Waals surface area contributed by atoms with Gasteiger partial charge in [0, 0.05) is 0 Å². The number of ketones is 1. The Balaban J connectivity index is 2.93. The van der Waals surface area contributed by atoms with Crippen molar-refractivity contribution in [3.8, 4) is 0 Å². The molecular formula is C8H12O4. The van der Waals surface area contributed by atoms with Crippen LogP contribution in [0.15, 0.2) is 0 Å². The Hall–Kier alpha value is -0.900. The second-order valence-corrected chi connectivity index (χ2v) is 3.53. The first-order valence-corrected chi connectivity index (χ1v) is 3.81. The minimum Gasteiger partial charge on any atom is -0.451 e. The van der Waals surface area contributed by atoms with Crippen molar-refractivity contribution >= 4 is 11.8 Å². The Bertz CT molecular complexity index is 231. The molecule has 1 N–H and O–H groups in total. The molecule has 1 rings (SSSR count). The van der Waals surface area contributed by atoms with Gasteiger partial charge in [-0.3, -0.25) is 9.59 Å². The van der Waals surface area contributed by atoms with Gasteiger partial charge in [0.2, 0.25) is 5.78 Å². The van der Waals surface area contributed by atoms with Gasteiger partial charge in [0.25, 0.3) is 0 Å². The summed E-state index contributed by atoms with van der Waals surface area (Å²) in [4.78, 5) is 22.3. The number of carbonyl (C=O) groups is 2. The average molecular weight is 172 g/mol. The molecule has 0 saturated carbocycles. The van der Waals surface area contributed by atoms with Gasteiger partial charge in [0.1, 0.15) is 6.10 Å². The monoisotopic (exact) mass is 172 g/mol. The summed E-state index contributed by atoms with van der Waals surface area (Å²) >= 11 is 0. The quantitative estimate of drug-likeness (QED) is 0.518. The number of hydrogen-bond acceptors (Lipinski definition) is 4.